The van der Waals surface area contributed by atoms with Gasteiger partial charge in [-0.2, -0.15) is 0 Å². The minimum atomic E-state index is -0.233. The lowest BCUT2D eigenvalue weighted by molar-refractivity contribution is -0.118. The number of aromatic nitrogens is 1. The second kappa shape index (κ2) is 8.15. The van der Waals surface area contributed by atoms with E-state index in [2.05, 4.69) is 17.2 Å². The molecule has 0 radical (unpaired) electrons. The number of carbonyl (C=O) groups is 1. The normalized spacial score (nSPS) is 10.4. The molecule has 0 aliphatic rings. The summed E-state index contributed by atoms with van der Waals surface area (Å²) in [4.78, 5) is 16.4. The van der Waals surface area contributed by atoms with E-state index < -0.39 is 0 Å². The third kappa shape index (κ3) is 4.70. The zero-order valence-electron chi connectivity index (χ0n) is 14.1. The van der Waals surface area contributed by atoms with Crippen molar-refractivity contribution in [1.82, 2.24) is 4.98 Å². The third-order valence-electron chi connectivity index (χ3n) is 3.54. The maximum Gasteiger partial charge on any atom is 0.262 e. The van der Waals surface area contributed by atoms with E-state index in [1.54, 1.807) is 18.3 Å². The molecule has 1 amide bonds. The van der Waals surface area contributed by atoms with E-state index in [0.29, 0.717) is 18.0 Å². The summed E-state index contributed by atoms with van der Waals surface area (Å²) < 4.78 is 11.0. The molecule has 2 aromatic carbocycles. The molecule has 0 bridgehead atoms. The first-order valence-electron chi connectivity index (χ1n) is 8.25. The van der Waals surface area contributed by atoms with Crippen LogP contribution in [-0.4, -0.2) is 24.1 Å². The Balaban J connectivity index is 1.53. The largest absolute Gasteiger partial charge is 0.494 e. The van der Waals surface area contributed by atoms with Crippen LogP contribution in [0, 0.1) is 0 Å². The first-order chi connectivity index (χ1) is 12.2. The molecule has 0 saturated carbocycles. The van der Waals surface area contributed by atoms with E-state index in [9.17, 15) is 4.79 Å². The highest BCUT2D eigenvalue weighted by Gasteiger charge is 2.05. The summed E-state index contributed by atoms with van der Waals surface area (Å²) in [6, 6.07) is 16.9. The standard InChI is InChI=1S/C20H20N2O3/c1-2-11-24-17-7-9-18(10-8-17)25-14-20(23)22-16-12-15-5-3-4-6-19(15)21-13-16/h3-10,12-13H,2,11,14H2,1H3,(H,22,23). The molecule has 128 valence electrons. The van der Waals surface area contributed by atoms with Crippen LogP contribution in [0.5, 0.6) is 11.5 Å². The summed E-state index contributed by atoms with van der Waals surface area (Å²) in [7, 11) is 0. The summed E-state index contributed by atoms with van der Waals surface area (Å²) in [6.45, 7) is 2.67. The van der Waals surface area contributed by atoms with Gasteiger partial charge in [0.05, 0.1) is 24.0 Å². The Hall–Kier alpha value is -3.08. The van der Waals surface area contributed by atoms with Crippen molar-refractivity contribution in [2.24, 2.45) is 0 Å². The molecular weight excluding hydrogens is 316 g/mol. The fourth-order valence-corrected chi connectivity index (χ4v) is 2.34. The lowest BCUT2D eigenvalue weighted by Crippen LogP contribution is -2.20. The van der Waals surface area contributed by atoms with Crippen molar-refractivity contribution in [3.63, 3.8) is 0 Å². The first-order valence-corrected chi connectivity index (χ1v) is 8.25. The predicted octanol–water partition coefficient (Wildman–Crippen LogP) is 4.04. The van der Waals surface area contributed by atoms with E-state index in [-0.39, 0.29) is 12.5 Å². The summed E-state index contributed by atoms with van der Waals surface area (Å²) in [5, 5.41) is 3.77. The Labute approximate surface area is 146 Å². The molecule has 0 fully saturated rings. The number of benzene rings is 2. The highest BCUT2D eigenvalue weighted by Crippen LogP contribution is 2.18. The van der Waals surface area contributed by atoms with Crippen molar-refractivity contribution < 1.29 is 14.3 Å². The minimum absolute atomic E-state index is 0.0675. The number of nitrogens with one attached hydrogen (secondary N) is 1. The second-order valence-corrected chi connectivity index (χ2v) is 5.57. The quantitative estimate of drug-likeness (QED) is 0.707. The van der Waals surface area contributed by atoms with Gasteiger partial charge in [-0.05, 0) is 42.8 Å². The monoisotopic (exact) mass is 336 g/mol. The van der Waals surface area contributed by atoms with Crippen LogP contribution in [0.25, 0.3) is 10.9 Å². The van der Waals surface area contributed by atoms with Gasteiger partial charge >= 0.3 is 0 Å². The van der Waals surface area contributed by atoms with E-state index in [4.69, 9.17) is 9.47 Å². The topological polar surface area (TPSA) is 60.5 Å². The average Bonchev–Trinajstić information content (AvgIpc) is 2.65. The van der Waals surface area contributed by atoms with Gasteiger partial charge in [0, 0.05) is 5.39 Å². The van der Waals surface area contributed by atoms with Crippen molar-refractivity contribution in [2.45, 2.75) is 13.3 Å². The average molecular weight is 336 g/mol. The maximum atomic E-state index is 12.0. The van der Waals surface area contributed by atoms with Crippen LogP contribution in [0.1, 0.15) is 13.3 Å². The summed E-state index contributed by atoms with van der Waals surface area (Å²) in [6.07, 6.45) is 2.60. The van der Waals surface area contributed by atoms with Gasteiger partial charge < -0.3 is 14.8 Å². The smallest absolute Gasteiger partial charge is 0.262 e. The van der Waals surface area contributed by atoms with Crippen LogP contribution in [0.15, 0.2) is 60.8 Å². The summed E-state index contributed by atoms with van der Waals surface area (Å²) in [5.74, 6) is 1.18. The molecule has 5 nitrogen and oxygen atoms in total. The van der Waals surface area contributed by atoms with Gasteiger partial charge in [-0.25, -0.2) is 0 Å². The van der Waals surface area contributed by atoms with Crippen LogP contribution in [-0.2, 0) is 4.79 Å². The number of carbonyl (C=O) groups excluding carboxylic acids is 1. The number of fused-ring (bicyclic) bond motifs is 1. The van der Waals surface area contributed by atoms with Crippen LogP contribution >= 0.6 is 0 Å². The van der Waals surface area contributed by atoms with Crippen LogP contribution in [0.3, 0.4) is 0 Å². The molecule has 0 saturated heterocycles. The van der Waals surface area contributed by atoms with Gasteiger partial charge in [-0.3, -0.25) is 9.78 Å². The van der Waals surface area contributed by atoms with E-state index >= 15 is 0 Å². The van der Waals surface area contributed by atoms with Crippen molar-refractivity contribution in [3.05, 3.63) is 60.8 Å². The Morgan fingerprint density at radius 2 is 1.76 bits per heavy atom. The zero-order chi connectivity index (χ0) is 17.5. The number of hydrogen-bond donors (Lipinski definition) is 1. The highest BCUT2D eigenvalue weighted by atomic mass is 16.5. The number of rotatable bonds is 7. The molecule has 3 aromatic rings. The molecule has 0 atom stereocenters. The van der Waals surface area contributed by atoms with E-state index in [0.717, 1.165) is 23.1 Å². The van der Waals surface area contributed by atoms with Crippen LogP contribution in [0.2, 0.25) is 0 Å². The summed E-state index contributed by atoms with van der Waals surface area (Å²) in [5.41, 5.74) is 1.54. The molecule has 3 rings (SSSR count). The van der Waals surface area contributed by atoms with Gasteiger partial charge in [0.1, 0.15) is 11.5 Å². The van der Waals surface area contributed by atoms with E-state index in [1.807, 2.05) is 42.5 Å². The Morgan fingerprint density at radius 1 is 1.04 bits per heavy atom. The summed E-state index contributed by atoms with van der Waals surface area (Å²) >= 11 is 0. The lowest BCUT2D eigenvalue weighted by atomic mass is 10.2. The van der Waals surface area contributed by atoms with Gasteiger partial charge in [0.25, 0.3) is 5.91 Å². The minimum Gasteiger partial charge on any atom is -0.494 e. The van der Waals surface area contributed by atoms with Gasteiger partial charge in [-0.15, -0.1) is 0 Å². The van der Waals surface area contributed by atoms with Gasteiger partial charge in [0.15, 0.2) is 6.61 Å². The van der Waals surface area contributed by atoms with Crippen LogP contribution < -0.4 is 14.8 Å². The van der Waals surface area contributed by atoms with Gasteiger partial charge in [-0.1, -0.05) is 25.1 Å². The number of ether oxygens (including phenoxy) is 2. The molecule has 0 aliphatic heterocycles. The Morgan fingerprint density at radius 3 is 2.52 bits per heavy atom. The molecule has 0 unspecified atom stereocenters. The number of anilines is 1. The van der Waals surface area contributed by atoms with E-state index in [1.165, 1.54) is 0 Å². The Kier molecular flexibility index (Phi) is 5.46. The number of hydrogen-bond acceptors (Lipinski definition) is 4. The molecule has 0 aliphatic carbocycles. The predicted molar refractivity (Wildman–Crippen MR) is 98.1 cm³/mol. The zero-order valence-corrected chi connectivity index (χ0v) is 14.1. The number of nitrogens with zero attached hydrogens (tertiary/aromatic N) is 1. The lowest BCUT2D eigenvalue weighted by Gasteiger charge is -2.09. The second-order valence-electron chi connectivity index (χ2n) is 5.57. The fourth-order valence-electron chi connectivity index (χ4n) is 2.34. The van der Waals surface area contributed by atoms with Crippen molar-refractivity contribution in [1.29, 1.82) is 0 Å². The fraction of sp³-hybridized carbons (Fsp3) is 0.200. The van der Waals surface area contributed by atoms with Crippen molar-refractivity contribution >= 4 is 22.5 Å². The number of para-hydroxylation sites is 1. The van der Waals surface area contributed by atoms with Crippen molar-refractivity contribution in [3.8, 4) is 11.5 Å². The molecule has 5 heteroatoms. The number of amides is 1. The molecule has 0 spiro atoms. The Bertz CT molecular complexity index is 847. The SMILES string of the molecule is CCCOc1ccc(OCC(=O)Nc2cnc3ccccc3c2)cc1. The first kappa shape index (κ1) is 16.8. The molecule has 1 N–H and O–H groups in total. The molecule has 1 heterocycles. The molecular formula is C20H20N2O3. The van der Waals surface area contributed by atoms with Gasteiger partial charge in [0.2, 0.25) is 0 Å². The maximum absolute atomic E-state index is 12.0. The number of pyridine rings is 1. The third-order valence-corrected chi connectivity index (χ3v) is 3.54. The molecule has 1 aromatic heterocycles. The highest BCUT2D eigenvalue weighted by molar-refractivity contribution is 5.93. The molecule has 25 heavy (non-hydrogen) atoms. The van der Waals surface area contributed by atoms with Crippen LogP contribution in [0.4, 0.5) is 5.69 Å². The van der Waals surface area contributed by atoms with Crippen molar-refractivity contribution in [2.75, 3.05) is 18.5 Å².